The molecule has 0 unspecified atom stereocenters. The molecule has 0 aliphatic carbocycles. The molecule has 0 saturated heterocycles. The van der Waals surface area contributed by atoms with Crippen LogP contribution >= 0.6 is 0 Å². The fraction of sp³-hybridized carbons (Fsp3) is 0.286. The monoisotopic (exact) mass is 319 g/mol. The maximum Gasteiger partial charge on any atom is 0.291 e. The van der Waals surface area contributed by atoms with Crippen molar-refractivity contribution in [2.45, 2.75) is 13.8 Å². The average Bonchev–Trinajstić information content (AvgIpc) is 2.83. The number of carbonyl (C=O) groups is 1. The van der Waals surface area contributed by atoms with Crippen LogP contribution in [0.4, 0.5) is 17.1 Å². The number of ether oxygens (including phenoxy) is 2. The Hall–Kier alpha value is -3.10. The number of nitrogens with one attached hydrogen (secondary N) is 3. The standard InChI is InChI=1S/C14H17N5O4/c1-7-13(14(21)19-16-7)18-17-10-6-11(22-3)9(15-8(2)20)5-12(10)23-4/h5-6H,1-4H3,(H,15,20)(H2,16,19,21). The Morgan fingerprint density at radius 3 is 2.35 bits per heavy atom. The van der Waals surface area contributed by atoms with Crippen LogP contribution in [-0.2, 0) is 4.79 Å². The molecule has 1 heterocycles. The fourth-order valence-corrected chi connectivity index (χ4v) is 1.91. The van der Waals surface area contributed by atoms with Gasteiger partial charge in [-0.15, -0.1) is 10.2 Å². The number of methoxy groups -OCH3 is 2. The molecule has 2 aromatic rings. The van der Waals surface area contributed by atoms with Gasteiger partial charge in [0.1, 0.15) is 17.2 Å². The minimum absolute atomic E-state index is 0.178. The van der Waals surface area contributed by atoms with E-state index in [1.807, 2.05) is 0 Å². The Bertz CT molecular complexity index is 806. The molecule has 122 valence electrons. The van der Waals surface area contributed by atoms with Crippen molar-refractivity contribution in [3.8, 4) is 11.5 Å². The number of hydrogen-bond acceptors (Lipinski definition) is 6. The molecule has 23 heavy (non-hydrogen) atoms. The second kappa shape index (κ2) is 6.77. The molecule has 0 spiro atoms. The van der Waals surface area contributed by atoms with Crippen molar-refractivity contribution < 1.29 is 14.3 Å². The smallest absolute Gasteiger partial charge is 0.291 e. The number of carbonyl (C=O) groups excluding carboxylic acids is 1. The number of benzene rings is 1. The van der Waals surface area contributed by atoms with Crippen LogP contribution in [0, 0.1) is 6.92 Å². The maximum absolute atomic E-state index is 11.6. The molecular formula is C14H17N5O4. The van der Waals surface area contributed by atoms with E-state index in [0.717, 1.165) is 0 Å². The van der Waals surface area contributed by atoms with Crippen molar-refractivity contribution in [1.82, 2.24) is 10.2 Å². The summed E-state index contributed by atoms with van der Waals surface area (Å²) in [6.07, 6.45) is 0. The largest absolute Gasteiger partial charge is 0.494 e. The van der Waals surface area contributed by atoms with Crippen LogP contribution in [0.15, 0.2) is 27.2 Å². The van der Waals surface area contributed by atoms with Crippen LogP contribution in [0.25, 0.3) is 0 Å². The van der Waals surface area contributed by atoms with Gasteiger partial charge < -0.3 is 19.9 Å². The van der Waals surface area contributed by atoms with E-state index in [0.29, 0.717) is 28.6 Å². The second-order valence-corrected chi connectivity index (χ2v) is 4.66. The van der Waals surface area contributed by atoms with Gasteiger partial charge in [-0.1, -0.05) is 0 Å². The lowest BCUT2D eigenvalue weighted by molar-refractivity contribution is -0.114. The molecule has 9 nitrogen and oxygen atoms in total. The fourth-order valence-electron chi connectivity index (χ4n) is 1.91. The van der Waals surface area contributed by atoms with E-state index in [4.69, 9.17) is 9.47 Å². The highest BCUT2D eigenvalue weighted by Gasteiger charge is 2.13. The Kier molecular flexibility index (Phi) is 4.79. The molecule has 0 aliphatic heterocycles. The van der Waals surface area contributed by atoms with Crippen molar-refractivity contribution in [1.29, 1.82) is 0 Å². The van der Waals surface area contributed by atoms with Gasteiger partial charge in [0.15, 0.2) is 5.69 Å². The van der Waals surface area contributed by atoms with Gasteiger partial charge in [-0.05, 0) is 6.92 Å². The van der Waals surface area contributed by atoms with Gasteiger partial charge >= 0.3 is 0 Å². The Morgan fingerprint density at radius 2 is 1.83 bits per heavy atom. The lowest BCUT2D eigenvalue weighted by atomic mass is 10.2. The van der Waals surface area contributed by atoms with E-state index >= 15 is 0 Å². The minimum atomic E-state index is -0.368. The molecule has 0 saturated carbocycles. The second-order valence-electron chi connectivity index (χ2n) is 4.66. The van der Waals surface area contributed by atoms with Crippen LogP contribution in [0.5, 0.6) is 11.5 Å². The first-order valence-corrected chi connectivity index (χ1v) is 6.68. The molecule has 1 amide bonds. The maximum atomic E-state index is 11.6. The molecule has 1 aromatic heterocycles. The molecule has 0 aliphatic rings. The van der Waals surface area contributed by atoms with Crippen molar-refractivity contribution in [3.05, 3.63) is 28.2 Å². The highest BCUT2D eigenvalue weighted by atomic mass is 16.5. The van der Waals surface area contributed by atoms with Crippen LogP contribution in [0.1, 0.15) is 12.6 Å². The molecule has 0 atom stereocenters. The van der Waals surface area contributed by atoms with Gasteiger partial charge in [-0.3, -0.25) is 14.7 Å². The Labute approximate surface area is 131 Å². The third-order valence-electron chi connectivity index (χ3n) is 3.00. The molecule has 2 rings (SSSR count). The summed E-state index contributed by atoms with van der Waals surface area (Å²) < 4.78 is 10.5. The van der Waals surface area contributed by atoms with Crippen LogP contribution in [0.3, 0.4) is 0 Å². The predicted molar refractivity (Wildman–Crippen MR) is 84.2 cm³/mol. The summed E-state index contributed by atoms with van der Waals surface area (Å²) in [5.74, 6) is 0.534. The zero-order valence-corrected chi connectivity index (χ0v) is 13.2. The third kappa shape index (κ3) is 3.57. The van der Waals surface area contributed by atoms with Crippen molar-refractivity contribution >= 4 is 23.0 Å². The van der Waals surface area contributed by atoms with E-state index in [9.17, 15) is 9.59 Å². The molecular weight excluding hydrogens is 302 g/mol. The first-order chi connectivity index (χ1) is 11.0. The summed E-state index contributed by atoms with van der Waals surface area (Å²) in [6, 6.07) is 3.13. The Balaban J connectivity index is 2.45. The van der Waals surface area contributed by atoms with E-state index < -0.39 is 0 Å². The van der Waals surface area contributed by atoms with E-state index in [-0.39, 0.29) is 17.2 Å². The summed E-state index contributed by atoms with van der Waals surface area (Å²) in [4.78, 5) is 22.8. The highest BCUT2D eigenvalue weighted by Crippen LogP contribution is 2.38. The molecule has 0 bridgehead atoms. The SMILES string of the molecule is COc1cc(NC(C)=O)c(OC)cc1N=Nc1c(C)[nH][nH]c1=O. The van der Waals surface area contributed by atoms with Gasteiger partial charge in [0, 0.05) is 19.1 Å². The van der Waals surface area contributed by atoms with Gasteiger partial charge in [0.2, 0.25) is 5.91 Å². The number of aromatic amines is 2. The van der Waals surface area contributed by atoms with Gasteiger partial charge in [-0.25, -0.2) is 0 Å². The summed E-state index contributed by atoms with van der Waals surface area (Å²) in [7, 11) is 2.93. The number of rotatable bonds is 5. The van der Waals surface area contributed by atoms with Crippen LogP contribution in [0.2, 0.25) is 0 Å². The molecule has 0 radical (unpaired) electrons. The number of anilines is 1. The van der Waals surface area contributed by atoms with Crippen molar-refractivity contribution in [2.24, 2.45) is 10.2 Å². The number of hydrogen-bond donors (Lipinski definition) is 3. The normalized spacial score (nSPS) is 10.8. The van der Waals surface area contributed by atoms with Crippen LogP contribution < -0.4 is 20.3 Å². The first kappa shape index (κ1) is 16.3. The molecule has 0 fully saturated rings. The predicted octanol–water partition coefficient (Wildman–Crippen LogP) is 2.40. The highest BCUT2D eigenvalue weighted by molar-refractivity contribution is 5.91. The van der Waals surface area contributed by atoms with Crippen LogP contribution in [-0.4, -0.2) is 30.3 Å². The number of amides is 1. The van der Waals surface area contributed by atoms with Crippen molar-refractivity contribution in [2.75, 3.05) is 19.5 Å². The summed E-state index contributed by atoms with van der Waals surface area (Å²) in [6.45, 7) is 3.09. The molecule has 3 N–H and O–H groups in total. The summed E-state index contributed by atoms with van der Waals surface area (Å²) in [5, 5.41) is 15.7. The van der Waals surface area contributed by atoms with E-state index in [1.165, 1.54) is 21.1 Å². The zero-order chi connectivity index (χ0) is 17.0. The van der Waals surface area contributed by atoms with Gasteiger partial charge in [-0.2, -0.15) is 0 Å². The number of H-pyrrole nitrogens is 2. The number of nitrogens with zero attached hydrogens (tertiary/aromatic N) is 2. The lowest BCUT2D eigenvalue weighted by Crippen LogP contribution is -2.07. The number of aromatic nitrogens is 2. The van der Waals surface area contributed by atoms with E-state index in [2.05, 4.69) is 25.7 Å². The van der Waals surface area contributed by atoms with Gasteiger partial charge in [0.05, 0.1) is 25.6 Å². The number of azo groups is 1. The minimum Gasteiger partial charge on any atom is -0.494 e. The Morgan fingerprint density at radius 1 is 1.13 bits per heavy atom. The zero-order valence-electron chi connectivity index (χ0n) is 13.2. The number of aryl methyl sites for hydroxylation is 1. The summed E-state index contributed by atoms with van der Waals surface area (Å²) in [5.41, 5.74) is 1.19. The molecule has 9 heteroatoms. The molecule has 1 aromatic carbocycles. The van der Waals surface area contributed by atoms with Crippen molar-refractivity contribution in [3.63, 3.8) is 0 Å². The first-order valence-electron chi connectivity index (χ1n) is 6.68. The lowest BCUT2D eigenvalue weighted by Gasteiger charge is -2.12. The summed E-state index contributed by atoms with van der Waals surface area (Å²) >= 11 is 0. The average molecular weight is 319 g/mol. The van der Waals surface area contributed by atoms with Gasteiger partial charge in [0.25, 0.3) is 5.56 Å². The topological polar surface area (TPSA) is 121 Å². The van der Waals surface area contributed by atoms with E-state index in [1.54, 1.807) is 19.1 Å². The third-order valence-corrected chi connectivity index (χ3v) is 3.00. The quantitative estimate of drug-likeness (QED) is 0.732.